The van der Waals surface area contributed by atoms with Gasteiger partial charge in [0.2, 0.25) is 0 Å². The standard InChI is InChI=1S/C14H24N4/c1-6-15-11-8-12(16-10-7-9(10)2)18-13(17-11)14(3,4)5/h8-10H,6-7H2,1-5H3,(H2,15,16,17,18). The molecule has 0 bridgehead atoms. The van der Waals surface area contributed by atoms with E-state index in [-0.39, 0.29) is 5.41 Å². The van der Waals surface area contributed by atoms with Crippen molar-refractivity contribution in [3.05, 3.63) is 11.9 Å². The van der Waals surface area contributed by atoms with Crippen molar-refractivity contribution < 1.29 is 0 Å². The molecule has 1 aliphatic rings. The quantitative estimate of drug-likeness (QED) is 0.860. The van der Waals surface area contributed by atoms with Crippen LogP contribution in [0.1, 0.15) is 46.9 Å². The van der Waals surface area contributed by atoms with Gasteiger partial charge in [-0.15, -0.1) is 0 Å². The zero-order valence-electron chi connectivity index (χ0n) is 12.0. The number of rotatable bonds is 4. The lowest BCUT2D eigenvalue weighted by Gasteiger charge is -2.19. The summed E-state index contributed by atoms with van der Waals surface area (Å²) < 4.78 is 0. The van der Waals surface area contributed by atoms with E-state index in [1.54, 1.807) is 0 Å². The van der Waals surface area contributed by atoms with E-state index in [4.69, 9.17) is 0 Å². The molecular formula is C14H24N4. The number of nitrogens with one attached hydrogen (secondary N) is 2. The summed E-state index contributed by atoms with van der Waals surface area (Å²) in [5, 5.41) is 6.76. The van der Waals surface area contributed by atoms with Crippen LogP contribution in [0.2, 0.25) is 0 Å². The van der Waals surface area contributed by atoms with Gasteiger partial charge in [0.25, 0.3) is 0 Å². The van der Waals surface area contributed by atoms with Crippen molar-refractivity contribution in [3.63, 3.8) is 0 Å². The summed E-state index contributed by atoms with van der Waals surface area (Å²) in [5.74, 6) is 3.51. The fourth-order valence-electron chi connectivity index (χ4n) is 1.84. The van der Waals surface area contributed by atoms with Crippen LogP contribution in [0.4, 0.5) is 11.6 Å². The normalized spacial score (nSPS) is 22.7. The van der Waals surface area contributed by atoms with Gasteiger partial charge in [-0.25, -0.2) is 9.97 Å². The summed E-state index contributed by atoms with van der Waals surface area (Å²) in [6.45, 7) is 11.6. The number of nitrogens with zero attached hydrogens (tertiary/aromatic N) is 2. The molecule has 2 unspecified atom stereocenters. The highest BCUT2D eigenvalue weighted by molar-refractivity contribution is 5.49. The third kappa shape index (κ3) is 3.12. The van der Waals surface area contributed by atoms with E-state index < -0.39 is 0 Å². The SMILES string of the molecule is CCNc1cc(NC2CC2C)nc(C(C)(C)C)n1. The Labute approximate surface area is 110 Å². The molecule has 0 aliphatic heterocycles. The van der Waals surface area contributed by atoms with Gasteiger partial charge in [0.1, 0.15) is 17.5 Å². The maximum absolute atomic E-state index is 4.64. The summed E-state index contributed by atoms with van der Waals surface area (Å²) in [4.78, 5) is 9.22. The predicted molar refractivity (Wildman–Crippen MR) is 76.1 cm³/mol. The van der Waals surface area contributed by atoms with Gasteiger partial charge in [-0.1, -0.05) is 27.7 Å². The summed E-state index contributed by atoms with van der Waals surface area (Å²) >= 11 is 0. The maximum atomic E-state index is 4.64. The molecular weight excluding hydrogens is 224 g/mol. The Morgan fingerprint density at radius 1 is 1.28 bits per heavy atom. The smallest absolute Gasteiger partial charge is 0.138 e. The van der Waals surface area contributed by atoms with Crippen LogP contribution in [0, 0.1) is 5.92 Å². The second-order valence-electron chi connectivity index (χ2n) is 6.21. The van der Waals surface area contributed by atoms with Gasteiger partial charge in [0, 0.05) is 24.1 Å². The van der Waals surface area contributed by atoms with Crippen molar-refractivity contribution >= 4 is 11.6 Å². The molecule has 2 atom stereocenters. The van der Waals surface area contributed by atoms with E-state index in [0.717, 1.165) is 29.9 Å². The molecule has 1 saturated carbocycles. The van der Waals surface area contributed by atoms with E-state index in [1.165, 1.54) is 6.42 Å². The molecule has 1 heterocycles. The number of hydrogen-bond acceptors (Lipinski definition) is 4. The molecule has 4 heteroatoms. The van der Waals surface area contributed by atoms with Crippen molar-refractivity contribution in [2.24, 2.45) is 5.92 Å². The lowest BCUT2D eigenvalue weighted by Crippen LogP contribution is -2.19. The number of hydrogen-bond donors (Lipinski definition) is 2. The molecule has 2 rings (SSSR count). The first-order valence-corrected chi connectivity index (χ1v) is 6.80. The van der Waals surface area contributed by atoms with Gasteiger partial charge in [-0.2, -0.15) is 0 Å². The van der Waals surface area contributed by atoms with Crippen LogP contribution in [0.15, 0.2) is 6.07 Å². The fourth-order valence-corrected chi connectivity index (χ4v) is 1.84. The highest BCUT2D eigenvalue weighted by Crippen LogP contribution is 2.33. The van der Waals surface area contributed by atoms with Crippen LogP contribution in [0.3, 0.4) is 0 Å². The van der Waals surface area contributed by atoms with Gasteiger partial charge < -0.3 is 10.6 Å². The molecule has 0 spiro atoms. The molecule has 0 radical (unpaired) electrons. The van der Waals surface area contributed by atoms with Crippen molar-refractivity contribution in [1.29, 1.82) is 0 Å². The Morgan fingerprint density at radius 2 is 1.89 bits per heavy atom. The second-order valence-corrected chi connectivity index (χ2v) is 6.21. The lowest BCUT2D eigenvalue weighted by atomic mass is 9.96. The predicted octanol–water partition coefficient (Wildman–Crippen LogP) is 3.03. The van der Waals surface area contributed by atoms with Crippen LogP contribution < -0.4 is 10.6 Å². The third-order valence-electron chi connectivity index (χ3n) is 3.20. The van der Waals surface area contributed by atoms with Gasteiger partial charge in [-0.05, 0) is 19.3 Å². The van der Waals surface area contributed by atoms with Gasteiger partial charge in [0.05, 0.1) is 0 Å². The zero-order chi connectivity index (χ0) is 13.3. The topological polar surface area (TPSA) is 49.8 Å². The first kappa shape index (κ1) is 13.1. The molecule has 1 fully saturated rings. The highest BCUT2D eigenvalue weighted by atomic mass is 15.1. The molecule has 0 saturated heterocycles. The summed E-state index contributed by atoms with van der Waals surface area (Å²) in [6.07, 6.45) is 1.24. The average Bonchev–Trinajstić information content (AvgIpc) is 2.93. The Morgan fingerprint density at radius 3 is 2.39 bits per heavy atom. The Hall–Kier alpha value is -1.32. The van der Waals surface area contributed by atoms with Gasteiger partial charge in [-0.3, -0.25) is 0 Å². The average molecular weight is 248 g/mol. The first-order valence-electron chi connectivity index (χ1n) is 6.80. The molecule has 1 aromatic rings. The van der Waals surface area contributed by atoms with Crippen molar-refractivity contribution in [1.82, 2.24) is 9.97 Å². The van der Waals surface area contributed by atoms with Crippen LogP contribution in [0.5, 0.6) is 0 Å². The second kappa shape index (κ2) is 4.75. The monoisotopic (exact) mass is 248 g/mol. The van der Waals surface area contributed by atoms with E-state index in [2.05, 4.69) is 55.2 Å². The summed E-state index contributed by atoms with van der Waals surface area (Å²) in [6, 6.07) is 2.59. The van der Waals surface area contributed by atoms with Crippen molar-refractivity contribution in [3.8, 4) is 0 Å². The molecule has 2 N–H and O–H groups in total. The van der Waals surface area contributed by atoms with Gasteiger partial charge in [0.15, 0.2) is 0 Å². The summed E-state index contributed by atoms with van der Waals surface area (Å²) in [7, 11) is 0. The largest absolute Gasteiger partial charge is 0.370 e. The Bertz CT molecular complexity index is 422. The Balaban J connectivity index is 2.24. The Kier molecular flexibility index (Phi) is 3.46. The molecule has 1 aromatic heterocycles. The minimum absolute atomic E-state index is 0.0307. The fraction of sp³-hybridized carbons (Fsp3) is 0.714. The van der Waals surface area contributed by atoms with Crippen molar-refractivity contribution in [2.45, 2.75) is 52.5 Å². The van der Waals surface area contributed by atoms with Crippen LogP contribution >= 0.6 is 0 Å². The molecule has 4 nitrogen and oxygen atoms in total. The minimum atomic E-state index is -0.0307. The summed E-state index contributed by atoms with van der Waals surface area (Å²) in [5.41, 5.74) is -0.0307. The van der Waals surface area contributed by atoms with Crippen molar-refractivity contribution in [2.75, 3.05) is 17.2 Å². The van der Waals surface area contributed by atoms with E-state index in [1.807, 2.05) is 6.07 Å². The van der Waals surface area contributed by atoms with E-state index >= 15 is 0 Å². The third-order valence-corrected chi connectivity index (χ3v) is 3.20. The highest BCUT2D eigenvalue weighted by Gasteiger charge is 2.33. The van der Waals surface area contributed by atoms with E-state index in [0.29, 0.717) is 6.04 Å². The maximum Gasteiger partial charge on any atom is 0.138 e. The molecule has 18 heavy (non-hydrogen) atoms. The van der Waals surface area contributed by atoms with Crippen LogP contribution in [-0.4, -0.2) is 22.6 Å². The van der Waals surface area contributed by atoms with Crippen LogP contribution in [-0.2, 0) is 5.41 Å². The molecule has 0 amide bonds. The number of anilines is 2. The molecule has 100 valence electrons. The first-order chi connectivity index (χ1) is 8.40. The lowest BCUT2D eigenvalue weighted by molar-refractivity contribution is 0.546. The number of aromatic nitrogens is 2. The zero-order valence-corrected chi connectivity index (χ0v) is 12.0. The molecule has 0 aromatic carbocycles. The van der Waals surface area contributed by atoms with Gasteiger partial charge >= 0.3 is 0 Å². The molecule has 1 aliphatic carbocycles. The minimum Gasteiger partial charge on any atom is -0.370 e. The van der Waals surface area contributed by atoms with Crippen LogP contribution in [0.25, 0.3) is 0 Å². The van der Waals surface area contributed by atoms with E-state index in [9.17, 15) is 0 Å².